The lowest BCUT2D eigenvalue weighted by atomic mass is 10.1. The van der Waals surface area contributed by atoms with Crippen LogP contribution in [-0.2, 0) is 11.3 Å². The smallest absolute Gasteiger partial charge is 0.234 e. The minimum Gasteiger partial charge on any atom is -0.343 e. The standard InChI is InChI=1S/C22H23FN4OS2/c1-14-11-27-18(15(2)24-22(27)30-14)12-26(3)13-20(28)25-21(19-5-4-10-29-19)16-6-8-17(23)9-7-16/h4-11,21H,12-13H2,1-3H3,(H,25,28)/t21-/m1/s1. The number of aryl methyl sites for hydroxylation is 2. The van der Waals surface area contributed by atoms with Gasteiger partial charge in [-0.05, 0) is 50.0 Å². The summed E-state index contributed by atoms with van der Waals surface area (Å²) in [5.74, 6) is -0.374. The summed E-state index contributed by atoms with van der Waals surface area (Å²) in [5.41, 5.74) is 2.94. The van der Waals surface area contributed by atoms with Crippen LogP contribution in [0.15, 0.2) is 48.0 Å². The van der Waals surface area contributed by atoms with E-state index in [2.05, 4.69) is 27.8 Å². The van der Waals surface area contributed by atoms with Crippen molar-refractivity contribution in [3.8, 4) is 0 Å². The molecule has 0 aliphatic heterocycles. The van der Waals surface area contributed by atoms with Gasteiger partial charge in [-0.15, -0.1) is 22.7 Å². The first-order valence-electron chi connectivity index (χ1n) is 9.61. The fraction of sp³-hybridized carbons (Fsp3) is 0.273. The normalized spacial score (nSPS) is 12.6. The third-order valence-corrected chi connectivity index (χ3v) is 6.75. The Kier molecular flexibility index (Phi) is 5.99. The topological polar surface area (TPSA) is 49.6 Å². The highest BCUT2D eigenvalue weighted by atomic mass is 32.1. The molecule has 0 unspecified atom stereocenters. The molecule has 0 aliphatic rings. The number of likely N-dealkylation sites (N-methyl/N-ethyl adjacent to an activating group) is 1. The number of thiophene rings is 1. The first-order chi connectivity index (χ1) is 14.4. The van der Waals surface area contributed by atoms with Crippen LogP contribution in [0.4, 0.5) is 4.39 Å². The third kappa shape index (κ3) is 4.45. The van der Waals surface area contributed by atoms with E-state index in [1.165, 1.54) is 17.0 Å². The first-order valence-corrected chi connectivity index (χ1v) is 11.3. The number of aromatic nitrogens is 2. The second kappa shape index (κ2) is 8.67. The number of nitrogens with zero attached hydrogens (tertiary/aromatic N) is 3. The van der Waals surface area contributed by atoms with Gasteiger partial charge in [-0.2, -0.15) is 0 Å². The summed E-state index contributed by atoms with van der Waals surface area (Å²) in [6, 6.07) is 9.91. The van der Waals surface area contributed by atoms with Gasteiger partial charge >= 0.3 is 0 Å². The fourth-order valence-corrected chi connectivity index (χ4v) is 5.18. The molecule has 1 N–H and O–H groups in total. The Morgan fingerprint density at radius 2 is 2.03 bits per heavy atom. The number of thiazole rings is 1. The lowest BCUT2D eigenvalue weighted by molar-refractivity contribution is -0.122. The van der Waals surface area contributed by atoms with Crippen molar-refractivity contribution in [2.24, 2.45) is 0 Å². The number of nitrogens with one attached hydrogen (secondary N) is 1. The molecule has 0 saturated heterocycles. The summed E-state index contributed by atoms with van der Waals surface area (Å²) in [6.45, 7) is 4.94. The average Bonchev–Trinajstić information content (AvgIpc) is 3.40. The summed E-state index contributed by atoms with van der Waals surface area (Å²) in [6.07, 6.45) is 2.09. The highest BCUT2D eigenvalue weighted by molar-refractivity contribution is 7.17. The number of benzene rings is 1. The molecule has 1 amide bonds. The molecule has 3 heterocycles. The Hall–Kier alpha value is -2.55. The molecular formula is C22H23FN4OS2. The van der Waals surface area contributed by atoms with E-state index in [4.69, 9.17) is 0 Å². The zero-order valence-electron chi connectivity index (χ0n) is 17.1. The van der Waals surface area contributed by atoms with Crippen LogP contribution in [-0.4, -0.2) is 33.8 Å². The summed E-state index contributed by atoms with van der Waals surface area (Å²) < 4.78 is 15.5. The van der Waals surface area contributed by atoms with Crippen molar-refractivity contribution in [2.45, 2.75) is 26.4 Å². The van der Waals surface area contributed by atoms with Gasteiger partial charge in [-0.25, -0.2) is 9.37 Å². The number of imidazole rings is 1. The van der Waals surface area contributed by atoms with E-state index < -0.39 is 0 Å². The van der Waals surface area contributed by atoms with E-state index in [1.807, 2.05) is 36.4 Å². The maximum atomic E-state index is 13.4. The van der Waals surface area contributed by atoms with E-state index in [1.54, 1.807) is 34.8 Å². The van der Waals surface area contributed by atoms with Gasteiger partial charge in [0.15, 0.2) is 4.96 Å². The highest BCUT2D eigenvalue weighted by Gasteiger charge is 2.20. The van der Waals surface area contributed by atoms with Crippen LogP contribution in [0, 0.1) is 19.7 Å². The first kappa shape index (κ1) is 20.7. The molecule has 0 aliphatic carbocycles. The number of halogens is 1. The molecule has 1 aromatic carbocycles. The van der Waals surface area contributed by atoms with Gasteiger partial charge in [0.1, 0.15) is 5.82 Å². The number of amides is 1. The summed E-state index contributed by atoms with van der Waals surface area (Å²) in [7, 11) is 1.93. The fourth-order valence-electron chi connectivity index (χ4n) is 3.49. The number of carbonyl (C=O) groups is 1. The highest BCUT2D eigenvalue weighted by Crippen LogP contribution is 2.26. The molecule has 0 saturated carbocycles. The van der Waals surface area contributed by atoms with Crippen molar-refractivity contribution in [2.75, 3.05) is 13.6 Å². The van der Waals surface area contributed by atoms with Crippen LogP contribution in [0.1, 0.15) is 32.7 Å². The molecule has 1 atom stereocenters. The van der Waals surface area contributed by atoms with E-state index in [-0.39, 0.29) is 24.3 Å². The molecule has 0 bridgehead atoms. The molecule has 5 nitrogen and oxygen atoms in total. The Labute approximate surface area is 182 Å². The predicted molar refractivity (Wildman–Crippen MR) is 120 cm³/mol. The average molecular weight is 443 g/mol. The van der Waals surface area contributed by atoms with Gasteiger partial charge in [0.2, 0.25) is 5.91 Å². The maximum Gasteiger partial charge on any atom is 0.234 e. The van der Waals surface area contributed by atoms with Gasteiger partial charge in [-0.3, -0.25) is 14.1 Å². The van der Waals surface area contributed by atoms with Crippen molar-refractivity contribution < 1.29 is 9.18 Å². The summed E-state index contributed by atoms with van der Waals surface area (Å²) in [5, 5.41) is 5.08. The van der Waals surface area contributed by atoms with Crippen LogP contribution in [0.2, 0.25) is 0 Å². The SMILES string of the molecule is Cc1cn2c(CN(C)CC(=O)N[C@H](c3ccc(F)cc3)c3cccs3)c(C)nc2s1. The van der Waals surface area contributed by atoms with Gasteiger partial charge < -0.3 is 5.32 Å². The Balaban J connectivity index is 1.46. The molecule has 0 spiro atoms. The van der Waals surface area contributed by atoms with E-state index >= 15 is 0 Å². The van der Waals surface area contributed by atoms with Crippen molar-refractivity contribution >= 4 is 33.5 Å². The number of hydrogen-bond donors (Lipinski definition) is 1. The summed E-state index contributed by atoms with van der Waals surface area (Å²) >= 11 is 3.23. The van der Waals surface area contributed by atoms with Gasteiger partial charge in [0, 0.05) is 22.5 Å². The molecule has 3 aromatic heterocycles. The molecule has 8 heteroatoms. The van der Waals surface area contributed by atoms with E-state index in [9.17, 15) is 9.18 Å². The molecule has 4 rings (SSSR count). The van der Waals surface area contributed by atoms with Crippen LogP contribution in [0.25, 0.3) is 4.96 Å². The zero-order valence-corrected chi connectivity index (χ0v) is 18.7. The predicted octanol–water partition coefficient (Wildman–Crippen LogP) is 4.55. The van der Waals surface area contributed by atoms with Gasteiger partial charge in [-0.1, -0.05) is 18.2 Å². The van der Waals surface area contributed by atoms with Crippen LogP contribution < -0.4 is 5.32 Å². The lowest BCUT2D eigenvalue weighted by Gasteiger charge is -2.21. The maximum absolute atomic E-state index is 13.4. The van der Waals surface area contributed by atoms with Gasteiger partial charge in [0.25, 0.3) is 0 Å². The quantitative estimate of drug-likeness (QED) is 0.457. The molecule has 4 aromatic rings. The monoisotopic (exact) mass is 442 g/mol. The lowest BCUT2D eigenvalue weighted by Crippen LogP contribution is -2.37. The minimum atomic E-state index is -0.297. The van der Waals surface area contributed by atoms with Crippen molar-refractivity contribution in [1.29, 1.82) is 0 Å². The molecule has 0 fully saturated rings. The van der Waals surface area contributed by atoms with Crippen molar-refractivity contribution in [3.05, 3.63) is 80.5 Å². The number of hydrogen-bond acceptors (Lipinski definition) is 5. The second-order valence-corrected chi connectivity index (χ2v) is 9.57. The number of fused-ring (bicyclic) bond motifs is 1. The molecule has 30 heavy (non-hydrogen) atoms. The van der Waals surface area contributed by atoms with Crippen molar-refractivity contribution in [1.82, 2.24) is 19.6 Å². The molecule has 156 valence electrons. The van der Waals surface area contributed by atoms with E-state index in [0.717, 1.165) is 26.8 Å². The largest absolute Gasteiger partial charge is 0.343 e. The third-order valence-electron chi connectivity index (χ3n) is 4.91. The molecular weight excluding hydrogens is 419 g/mol. The zero-order chi connectivity index (χ0) is 21.3. The van der Waals surface area contributed by atoms with Crippen LogP contribution in [0.5, 0.6) is 0 Å². The van der Waals surface area contributed by atoms with E-state index in [0.29, 0.717) is 6.54 Å². The Morgan fingerprint density at radius 1 is 1.27 bits per heavy atom. The minimum absolute atomic E-state index is 0.0832. The number of rotatable bonds is 7. The number of carbonyl (C=O) groups excluding carboxylic acids is 1. The van der Waals surface area contributed by atoms with Crippen LogP contribution in [0.3, 0.4) is 0 Å². The van der Waals surface area contributed by atoms with Crippen LogP contribution >= 0.6 is 22.7 Å². The summed E-state index contributed by atoms with van der Waals surface area (Å²) in [4.78, 5) is 22.6. The second-order valence-electron chi connectivity index (χ2n) is 7.38. The Morgan fingerprint density at radius 3 is 2.73 bits per heavy atom. The van der Waals surface area contributed by atoms with Crippen molar-refractivity contribution in [3.63, 3.8) is 0 Å². The molecule has 0 radical (unpaired) electrons. The van der Waals surface area contributed by atoms with Gasteiger partial charge in [0.05, 0.1) is 24.0 Å². The Bertz CT molecular complexity index is 1150.